The third-order valence-electron chi connectivity index (χ3n) is 16.9. The third kappa shape index (κ3) is 6.69. The Kier molecular flexibility index (Phi) is 9.36. The van der Waals surface area contributed by atoms with Crippen LogP contribution in [-0.2, 0) is 32.5 Å². The normalized spacial score (nSPS) is 15.1. The minimum atomic E-state index is -0.0652. The molecule has 8 aromatic rings. The molecule has 0 unspecified atom stereocenters. The molecule has 5 heterocycles. The van der Waals surface area contributed by atoms with Gasteiger partial charge in [-0.3, -0.25) is 0 Å². The van der Waals surface area contributed by atoms with Crippen LogP contribution in [0.2, 0.25) is 0 Å². The number of rotatable bonds is 2. The number of fused-ring (bicyclic) bond motifs is 7. The highest BCUT2D eigenvalue weighted by Gasteiger charge is 2.51. The molecule has 7 aromatic carbocycles. The number of benzene rings is 7. The zero-order valence-corrected chi connectivity index (χ0v) is 46.0. The van der Waals surface area contributed by atoms with E-state index in [0.29, 0.717) is 0 Å². The monoisotopic (exact) mass is 930 g/mol. The van der Waals surface area contributed by atoms with Gasteiger partial charge >= 0.3 is 0 Å². The standard InChI is InChI=1S/C66H73B2N3/c1-61(2,3)38-19-25-44(26-20-38)69-52-29-23-40(63(7,8)9)33-48(52)67-50-35-42(65(13,14)15)31-46-47-32-43(66(16,17)18)36-51-59(47)71(58(46)50)60-56(67)54(69)37-55-57(60)68(51)49-34-41(64(10,11)12)24-30-53(49)70(55)45-27-21-39(22-28-45)62(4,5)6/h19-37H,1-18H3. The minimum absolute atomic E-state index is 0.0143. The molecule has 1 aromatic heterocycles. The highest BCUT2D eigenvalue weighted by molar-refractivity contribution is 7.04. The first-order chi connectivity index (χ1) is 33.0. The van der Waals surface area contributed by atoms with E-state index in [0.717, 1.165) is 0 Å². The Balaban J connectivity index is 1.31. The van der Waals surface area contributed by atoms with Gasteiger partial charge in [0.05, 0.1) is 0 Å². The van der Waals surface area contributed by atoms with Crippen LogP contribution in [0.15, 0.2) is 115 Å². The summed E-state index contributed by atoms with van der Waals surface area (Å²) in [7, 11) is 0. The molecule has 4 aliphatic heterocycles. The molecular formula is C66H73B2N3. The number of aromatic nitrogens is 1. The second-order valence-electron chi connectivity index (χ2n) is 28.0. The van der Waals surface area contributed by atoms with Crippen LogP contribution in [0.4, 0.5) is 34.1 Å². The predicted octanol–water partition coefficient (Wildman–Crippen LogP) is 13.8. The number of hydrogen-bond acceptors (Lipinski definition) is 2. The first kappa shape index (κ1) is 46.2. The van der Waals surface area contributed by atoms with Crippen molar-refractivity contribution in [3.63, 3.8) is 0 Å². The molecule has 71 heavy (non-hydrogen) atoms. The summed E-state index contributed by atoms with van der Waals surface area (Å²) >= 11 is 0. The third-order valence-corrected chi connectivity index (χ3v) is 16.9. The summed E-state index contributed by atoms with van der Waals surface area (Å²) < 4.78 is 2.79. The largest absolute Gasteiger partial charge is 0.311 e. The molecule has 0 bridgehead atoms. The van der Waals surface area contributed by atoms with E-state index in [-0.39, 0.29) is 45.9 Å². The van der Waals surface area contributed by atoms with Crippen molar-refractivity contribution in [1.82, 2.24) is 4.57 Å². The van der Waals surface area contributed by atoms with Crippen molar-refractivity contribution in [3.05, 3.63) is 149 Å². The lowest BCUT2D eigenvalue weighted by Crippen LogP contribution is -2.67. The molecule has 0 fully saturated rings. The van der Waals surface area contributed by atoms with E-state index in [1.165, 1.54) is 128 Å². The van der Waals surface area contributed by atoms with Crippen molar-refractivity contribution in [2.75, 3.05) is 9.80 Å². The molecule has 0 spiro atoms. The van der Waals surface area contributed by atoms with Gasteiger partial charge in [0.1, 0.15) is 0 Å². The van der Waals surface area contributed by atoms with E-state index < -0.39 is 0 Å². The van der Waals surface area contributed by atoms with Gasteiger partial charge in [0.25, 0.3) is 13.4 Å². The van der Waals surface area contributed by atoms with Gasteiger partial charge in [-0.25, -0.2) is 0 Å². The quantitative estimate of drug-likeness (QED) is 0.160. The summed E-state index contributed by atoms with van der Waals surface area (Å²) in [4.78, 5) is 5.28. The lowest BCUT2D eigenvalue weighted by atomic mass is 9.29. The summed E-state index contributed by atoms with van der Waals surface area (Å²) in [5, 5.41) is 2.76. The maximum Gasteiger partial charge on any atom is 0.252 e. The lowest BCUT2D eigenvalue weighted by molar-refractivity contribution is 0.590. The van der Waals surface area contributed by atoms with Crippen molar-refractivity contribution in [1.29, 1.82) is 0 Å². The topological polar surface area (TPSA) is 11.4 Å². The van der Waals surface area contributed by atoms with Gasteiger partial charge < -0.3 is 14.4 Å². The average molecular weight is 930 g/mol. The summed E-state index contributed by atoms with van der Waals surface area (Å²) in [6.07, 6.45) is 0. The van der Waals surface area contributed by atoms with E-state index in [9.17, 15) is 0 Å². The Morgan fingerprint density at radius 3 is 0.930 bits per heavy atom. The molecule has 12 rings (SSSR count). The molecule has 5 heteroatoms. The van der Waals surface area contributed by atoms with Crippen LogP contribution in [0, 0.1) is 0 Å². The summed E-state index contributed by atoms with van der Waals surface area (Å²) in [5.41, 5.74) is 28.1. The van der Waals surface area contributed by atoms with Crippen LogP contribution in [-0.4, -0.2) is 18.0 Å². The summed E-state index contributed by atoms with van der Waals surface area (Å²) in [6, 6.07) is 47.0. The van der Waals surface area contributed by atoms with Crippen LogP contribution in [0.3, 0.4) is 0 Å². The molecule has 3 nitrogen and oxygen atoms in total. The van der Waals surface area contributed by atoms with Gasteiger partial charge in [0, 0.05) is 61.6 Å². The Morgan fingerprint density at radius 2 is 0.606 bits per heavy atom. The molecule has 358 valence electrons. The molecular weight excluding hydrogens is 856 g/mol. The lowest BCUT2D eigenvalue weighted by Gasteiger charge is -2.47. The fourth-order valence-electron chi connectivity index (χ4n) is 12.6. The van der Waals surface area contributed by atoms with Crippen LogP contribution in [0.25, 0.3) is 27.5 Å². The summed E-state index contributed by atoms with van der Waals surface area (Å²) in [6.45, 7) is 42.6. The van der Waals surface area contributed by atoms with Crippen molar-refractivity contribution < 1.29 is 0 Å². The molecule has 0 amide bonds. The van der Waals surface area contributed by atoms with Gasteiger partial charge in [-0.15, -0.1) is 0 Å². The first-order valence-electron chi connectivity index (χ1n) is 26.5. The molecule has 0 atom stereocenters. The van der Waals surface area contributed by atoms with Gasteiger partial charge in [0.15, 0.2) is 0 Å². The van der Waals surface area contributed by atoms with Crippen molar-refractivity contribution in [3.8, 4) is 5.69 Å². The fourth-order valence-corrected chi connectivity index (χ4v) is 12.6. The van der Waals surface area contributed by atoms with Gasteiger partial charge in [-0.05, 0) is 153 Å². The smallest absolute Gasteiger partial charge is 0.252 e. The Morgan fingerprint density at radius 1 is 0.296 bits per heavy atom. The van der Waals surface area contributed by atoms with Gasteiger partial charge in [-0.1, -0.05) is 185 Å². The van der Waals surface area contributed by atoms with Crippen LogP contribution in [0.5, 0.6) is 0 Å². The van der Waals surface area contributed by atoms with Crippen molar-refractivity contribution >= 4 is 102 Å². The van der Waals surface area contributed by atoms with E-state index in [1.54, 1.807) is 0 Å². The van der Waals surface area contributed by atoms with E-state index in [4.69, 9.17) is 0 Å². The van der Waals surface area contributed by atoms with Gasteiger partial charge in [-0.2, -0.15) is 0 Å². The minimum Gasteiger partial charge on any atom is -0.311 e. The zero-order chi connectivity index (χ0) is 50.6. The fraction of sp³-hybridized carbons (Fsp3) is 0.364. The second-order valence-corrected chi connectivity index (χ2v) is 28.0. The molecule has 0 radical (unpaired) electrons. The van der Waals surface area contributed by atoms with Crippen LogP contribution in [0.1, 0.15) is 158 Å². The maximum absolute atomic E-state index is 2.79. The molecule has 0 saturated carbocycles. The maximum atomic E-state index is 2.79. The Bertz CT molecular complexity index is 3350. The van der Waals surface area contributed by atoms with Crippen molar-refractivity contribution in [2.45, 2.75) is 157 Å². The highest BCUT2D eigenvalue weighted by atomic mass is 15.2. The molecule has 0 saturated heterocycles. The molecule has 0 aliphatic carbocycles. The predicted molar refractivity (Wildman–Crippen MR) is 312 cm³/mol. The molecule has 0 N–H and O–H groups in total. The number of hydrogen-bond donors (Lipinski definition) is 0. The number of nitrogens with zero attached hydrogens (tertiary/aromatic N) is 3. The van der Waals surface area contributed by atoms with Crippen LogP contribution < -0.4 is 42.6 Å². The summed E-state index contributed by atoms with van der Waals surface area (Å²) in [5.74, 6) is 0. The zero-order valence-electron chi connectivity index (χ0n) is 46.0. The van der Waals surface area contributed by atoms with E-state index in [2.05, 4.69) is 254 Å². The van der Waals surface area contributed by atoms with E-state index in [1.807, 2.05) is 0 Å². The van der Waals surface area contributed by atoms with Gasteiger partial charge in [0.2, 0.25) is 0 Å². The Hall–Kier alpha value is -5.93. The van der Waals surface area contributed by atoms with E-state index >= 15 is 0 Å². The average Bonchev–Trinajstić information content (AvgIpc) is 3.62. The van der Waals surface area contributed by atoms with Crippen molar-refractivity contribution in [2.24, 2.45) is 0 Å². The second kappa shape index (κ2) is 14.4. The highest BCUT2D eigenvalue weighted by Crippen LogP contribution is 2.49. The number of anilines is 6. The SMILES string of the molecule is CC(C)(C)c1ccc(N2c3ccc(C(C)(C)C)cc3B3c4c2cc2c5c4-n4c6c3cc(C(C)(C)C)cc6c3cc(C(C)(C)C)cc(c34)B5c3cc(C(C)(C)C)ccc3N2c2ccc(C(C)(C)C)cc2)cc1. The first-order valence-corrected chi connectivity index (χ1v) is 26.5. The van der Waals surface area contributed by atoms with Crippen LogP contribution >= 0.6 is 0 Å². The molecule has 4 aliphatic rings. The Labute approximate surface area is 425 Å².